The molecule has 8 heteroatoms. The minimum Gasteiger partial charge on any atom is -0.338 e. The van der Waals surface area contributed by atoms with Crippen LogP contribution in [0.15, 0.2) is 47.4 Å². The smallest absolute Gasteiger partial charge is 0.319 e. The molecule has 2 aromatic carbocycles. The summed E-state index contributed by atoms with van der Waals surface area (Å²) in [5, 5.41) is 6.17. The summed E-state index contributed by atoms with van der Waals surface area (Å²) in [6.07, 6.45) is 3.20. The average molecular weight is 450 g/mol. The van der Waals surface area contributed by atoms with Crippen molar-refractivity contribution in [3.05, 3.63) is 58.6 Å². The molecule has 1 aliphatic rings. The van der Waals surface area contributed by atoms with Gasteiger partial charge in [-0.1, -0.05) is 30.2 Å². The second-order valence-electron chi connectivity index (χ2n) is 7.71. The Morgan fingerprint density at radius 3 is 2.60 bits per heavy atom. The molecule has 1 heterocycles. The molecule has 0 spiro atoms. The first-order valence-electron chi connectivity index (χ1n) is 10.2. The van der Waals surface area contributed by atoms with Gasteiger partial charge in [0.05, 0.1) is 4.90 Å². The highest BCUT2D eigenvalue weighted by atomic mass is 35.5. The summed E-state index contributed by atoms with van der Waals surface area (Å²) in [6, 6.07) is 11.9. The van der Waals surface area contributed by atoms with Gasteiger partial charge < -0.3 is 10.6 Å². The minimum atomic E-state index is -3.58. The number of anilines is 1. The molecule has 0 aromatic heterocycles. The molecule has 1 aliphatic heterocycles. The number of carbonyl (C=O) groups excluding carboxylic acids is 1. The Labute approximate surface area is 183 Å². The van der Waals surface area contributed by atoms with Crippen molar-refractivity contribution in [3.63, 3.8) is 0 Å². The molecular weight excluding hydrogens is 422 g/mol. The Morgan fingerprint density at radius 2 is 1.87 bits per heavy atom. The van der Waals surface area contributed by atoms with Crippen LogP contribution in [0.4, 0.5) is 10.5 Å². The van der Waals surface area contributed by atoms with E-state index in [1.54, 1.807) is 34.6 Å². The van der Waals surface area contributed by atoms with Crippen molar-refractivity contribution in [2.24, 2.45) is 0 Å². The molecule has 2 N–H and O–H groups in total. The van der Waals surface area contributed by atoms with Crippen molar-refractivity contribution in [2.45, 2.75) is 50.5 Å². The molecule has 0 bridgehead atoms. The van der Waals surface area contributed by atoms with Crippen molar-refractivity contribution in [2.75, 3.05) is 18.4 Å². The zero-order chi connectivity index (χ0) is 21.7. The standard InChI is InChI=1S/C22H28ClN3O3S/c1-16-6-7-17(2)21(15-16)30(28,29)26-14-4-3-5-20(26)12-13-24-22(27)25-19-10-8-18(23)9-11-19/h6-11,15,20H,3-5,12-14H2,1-2H3,(H2,24,25,27). The molecule has 2 aromatic rings. The van der Waals surface area contributed by atoms with Crippen molar-refractivity contribution < 1.29 is 13.2 Å². The highest BCUT2D eigenvalue weighted by Crippen LogP contribution is 2.29. The second kappa shape index (κ2) is 9.81. The lowest BCUT2D eigenvalue weighted by atomic mass is 10.0. The van der Waals surface area contributed by atoms with E-state index in [0.717, 1.165) is 30.4 Å². The van der Waals surface area contributed by atoms with E-state index < -0.39 is 10.0 Å². The molecule has 3 rings (SSSR count). The Hall–Kier alpha value is -2.09. The van der Waals surface area contributed by atoms with E-state index >= 15 is 0 Å². The number of amides is 2. The quantitative estimate of drug-likeness (QED) is 0.670. The number of carbonyl (C=O) groups is 1. The summed E-state index contributed by atoms with van der Waals surface area (Å²) in [5.74, 6) is 0. The van der Waals surface area contributed by atoms with Crippen LogP contribution in [0.2, 0.25) is 5.02 Å². The highest BCUT2D eigenvalue weighted by molar-refractivity contribution is 7.89. The third-order valence-electron chi connectivity index (χ3n) is 5.37. The van der Waals surface area contributed by atoms with Gasteiger partial charge in [-0.25, -0.2) is 13.2 Å². The number of nitrogens with one attached hydrogen (secondary N) is 2. The maximum absolute atomic E-state index is 13.4. The lowest BCUT2D eigenvalue weighted by Gasteiger charge is -2.35. The van der Waals surface area contributed by atoms with Gasteiger partial charge in [-0.3, -0.25) is 0 Å². The van der Waals surface area contributed by atoms with Gasteiger partial charge in [0.2, 0.25) is 10.0 Å². The monoisotopic (exact) mass is 449 g/mol. The van der Waals surface area contributed by atoms with E-state index in [9.17, 15) is 13.2 Å². The van der Waals surface area contributed by atoms with E-state index in [0.29, 0.717) is 35.1 Å². The molecule has 1 fully saturated rings. The Kier molecular flexibility index (Phi) is 7.39. The molecule has 0 saturated carbocycles. The zero-order valence-electron chi connectivity index (χ0n) is 17.3. The van der Waals surface area contributed by atoms with Gasteiger partial charge in [-0.2, -0.15) is 4.31 Å². The number of rotatable bonds is 6. The molecule has 0 radical (unpaired) electrons. The SMILES string of the molecule is Cc1ccc(C)c(S(=O)(=O)N2CCCCC2CCNC(=O)Nc2ccc(Cl)cc2)c1. The summed E-state index contributed by atoms with van der Waals surface area (Å²) in [4.78, 5) is 12.5. The van der Waals surface area contributed by atoms with Gasteiger partial charge in [-0.05, 0) is 74.6 Å². The predicted octanol–water partition coefficient (Wildman–Crippen LogP) is 4.71. The summed E-state index contributed by atoms with van der Waals surface area (Å²) >= 11 is 5.85. The van der Waals surface area contributed by atoms with Crippen LogP contribution in [0.5, 0.6) is 0 Å². The first-order valence-corrected chi connectivity index (χ1v) is 12.0. The number of halogens is 1. The molecule has 162 valence electrons. The van der Waals surface area contributed by atoms with Crippen molar-refractivity contribution in [1.29, 1.82) is 0 Å². The summed E-state index contributed by atoms with van der Waals surface area (Å²) in [6.45, 7) is 4.63. The number of urea groups is 1. The topological polar surface area (TPSA) is 78.5 Å². The molecule has 30 heavy (non-hydrogen) atoms. The first kappa shape index (κ1) is 22.6. The highest BCUT2D eigenvalue weighted by Gasteiger charge is 2.34. The van der Waals surface area contributed by atoms with E-state index in [1.807, 2.05) is 26.0 Å². The number of hydrogen-bond acceptors (Lipinski definition) is 3. The third-order valence-corrected chi connectivity index (χ3v) is 7.71. The first-order chi connectivity index (χ1) is 14.3. The minimum absolute atomic E-state index is 0.125. The van der Waals surface area contributed by atoms with Crippen LogP contribution in [-0.4, -0.2) is 37.9 Å². The molecule has 2 amide bonds. The summed E-state index contributed by atoms with van der Waals surface area (Å²) in [5.41, 5.74) is 2.33. The maximum atomic E-state index is 13.4. The fourth-order valence-corrected chi connectivity index (χ4v) is 5.91. The predicted molar refractivity (Wildman–Crippen MR) is 121 cm³/mol. The average Bonchev–Trinajstić information content (AvgIpc) is 2.72. The Morgan fingerprint density at radius 1 is 1.13 bits per heavy atom. The van der Waals surface area contributed by atoms with Gasteiger partial charge in [0.15, 0.2) is 0 Å². The molecule has 6 nitrogen and oxygen atoms in total. The number of hydrogen-bond donors (Lipinski definition) is 2. The normalized spacial score (nSPS) is 17.5. The fourth-order valence-electron chi connectivity index (χ4n) is 3.75. The van der Waals surface area contributed by atoms with Gasteiger partial charge >= 0.3 is 6.03 Å². The number of aryl methyl sites for hydroxylation is 2. The second-order valence-corrected chi connectivity index (χ2v) is 10.0. The Bertz CT molecular complexity index is 993. The molecule has 1 saturated heterocycles. The lowest BCUT2D eigenvalue weighted by molar-refractivity contribution is 0.234. The summed E-state index contributed by atoms with van der Waals surface area (Å²) < 4.78 is 28.3. The number of sulfonamides is 1. The zero-order valence-corrected chi connectivity index (χ0v) is 18.9. The van der Waals surface area contributed by atoms with Gasteiger partial charge in [0.1, 0.15) is 0 Å². The van der Waals surface area contributed by atoms with Gasteiger partial charge in [-0.15, -0.1) is 0 Å². The van der Waals surface area contributed by atoms with E-state index in [1.165, 1.54) is 0 Å². The van der Waals surface area contributed by atoms with E-state index in [4.69, 9.17) is 11.6 Å². The van der Waals surface area contributed by atoms with Crippen LogP contribution in [0.3, 0.4) is 0 Å². The fraction of sp³-hybridized carbons (Fsp3) is 0.409. The number of benzene rings is 2. The third kappa shape index (κ3) is 5.53. The van der Waals surface area contributed by atoms with Crippen molar-refractivity contribution in [1.82, 2.24) is 9.62 Å². The van der Waals surface area contributed by atoms with Gasteiger partial charge in [0.25, 0.3) is 0 Å². The number of nitrogens with zero attached hydrogens (tertiary/aromatic N) is 1. The van der Waals surface area contributed by atoms with E-state index in [2.05, 4.69) is 10.6 Å². The van der Waals surface area contributed by atoms with Gasteiger partial charge in [0, 0.05) is 29.8 Å². The molecule has 1 atom stereocenters. The van der Waals surface area contributed by atoms with Crippen LogP contribution >= 0.6 is 11.6 Å². The van der Waals surface area contributed by atoms with Crippen LogP contribution in [0.1, 0.15) is 36.8 Å². The van der Waals surface area contributed by atoms with Crippen LogP contribution < -0.4 is 10.6 Å². The van der Waals surface area contributed by atoms with Crippen LogP contribution in [0.25, 0.3) is 0 Å². The van der Waals surface area contributed by atoms with Crippen molar-refractivity contribution in [3.8, 4) is 0 Å². The lowest BCUT2D eigenvalue weighted by Crippen LogP contribution is -2.45. The number of piperidine rings is 1. The molecular formula is C22H28ClN3O3S. The molecule has 1 unspecified atom stereocenters. The van der Waals surface area contributed by atoms with Crippen molar-refractivity contribution >= 4 is 33.3 Å². The van der Waals surface area contributed by atoms with E-state index in [-0.39, 0.29) is 12.1 Å². The Balaban J connectivity index is 1.62. The molecule has 0 aliphatic carbocycles. The largest absolute Gasteiger partial charge is 0.338 e. The van der Waals surface area contributed by atoms with Crippen LogP contribution in [0, 0.1) is 13.8 Å². The maximum Gasteiger partial charge on any atom is 0.319 e. The summed E-state index contributed by atoms with van der Waals surface area (Å²) in [7, 11) is -3.58. The van der Waals surface area contributed by atoms with Crippen LogP contribution in [-0.2, 0) is 10.0 Å².